The van der Waals surface area contributed by atoms with E-state index >= 15 is 0 Å². The van der Waals surface area contributed by atoms with E-state index in [1.807, 2.05) is 31.2 Å². The third-order valence-corrected chi connectivity index (χ3v) is 4.86. The van der Waals surface area contributed by atoms with E-state index in [4.69, 9.17) is 9.47 Å². The summed E-state index contributed by atoms with van der Waals surface area (Å²) in [6.07, 6.45) is 2.06. The van der Waals surface area contributed by atoms with Crippen LogP contribution in [0.1, 0.15) is 51.2 Å². The number of hydrogen-bond donors (Lipinski definition) is 0. The second-order valence-electron chi connectivity index (χ2n) is 6.34. The lowest BCUT2D eigenvalue weighted by Crippen LogP contribution is -2.34. The Labute approximate surface area is 163 Å². The molecule has 0 spiro atoms. The van der Waals surface area contributed by atoms with Crippen molar-refractivity contribution < 1.29 is 23.9 Å². The van der Waals surface area contributed by atoms with E-state index in [0.29, 0.717) is 38.9 Å². The molecule has 1 aromatic rings. The highest BCUT2D eigenvalue weighted by atomic mass is 79.9. The van der Waals surface area contributed by atoms with Crippen LogP contribution in [0.25, 0.3) is 0 Å². The number of ether oxygens (including phenoxy) is 2. The van der Waals surface area contributed by atoms with Gasteiger partial charge < -0.3 is 9.47 Å². The molecule has 0 heterocycles. The van der Waals surface area contributed by atoms with Gasteiger partial charge in [-0.25, -0.2) is 0 Å². The van der Waals surface area contributed by atoms with Crippen molar-refractivity contribution in [2.75, 3.05) is 18.5 Å². The smallest absolute Gasteiger partial charge is 0.306 e. The molecule has 0 saturated heterocycles. The summed E-state index contributed by atoms with van der Waals surface area (Å²) in [6.45, 7) is 5.73. The number of carbonyl (C=O) groups is 3. The lowest BCUT2D eigenvalue weighted by Gasteiger charge is -2.28. The maximum atomic E-state index is 12.6. The average molecular weight is 427 g/mol. The molecule has 144 valence electrons. The molecule has 1 rings (SSSR count). The molecule has 1 atom stereocenters. The molecule has 0 bridgehead atoms. The second-order valence-corrected chi connectivity index (χ2v) is 6.90. The van der Waals surface area contributed by atoms with Crippen LogP contribution >= 0.6 is 15.9 Å². The van der Waals surface area contributed by atoms with Gasteiger partial charge in [0.2, 0.25) is 0 Å². The van der Waals surface area contributed by atoms with E-state index in [-0.39, 0.29) is 23.1 Å². The van der Waals surface area contributed by atoms with Gasteiger partial charge in [-0.3, -0.25) is 14.4 Å². The van der Waals surface area contributed by atoms with Crippen LogP contribution in [0.3, 0.4) is 0 Å². The highest BCUT2D eigenvalue weighted by Gasteiger charge is 2.33. The van der Waals surface area contributed by atoms with Gasteiger partial charge in [0, 0.05) is 13.3 Å². The fourth-order valence-corrected chi connectivity index (χ4v) is 3.40. The predicted octanol–water partition coefficient (Wildman–Crippen LogP) is 3.75. The third-order valence-electron chi connectivity index (χ3n) is 4.35. The number of benzene rings is 1. The molecule has 1 unspecified atom stereocenters. The molecule has 0 amide bonds. The zero-order chi connectivity index (χ0) is 19.6. The third kappa shape index (κ3) is 6.90. The summed E-state index contributed by atoms with van der Waals surface area (Å²) >= 11 is 3.27. The largest absolute Gasteiger partial charge is 0.466 e. The SMILES string of the molecule is CCOC(=O)CCc1cccc(C(C)(CCCOC(C)=O)C(=O)CBr)c1. The Morgan fingerprint density at radius 1 is 1.19 bits per heavy atom. The molecule has 26 heavy (non-hydrogen) atoms. The van der Waals surface area contributed by atoms with Crippen molar-refractivity contribution in [2.45, 2.75) is 51.9 Å². The van der Waals surface area contributed by atoms with Crippen molar-refractivity contribution in [3.8, 4) is 0 Å². The molecule has 0 aliphatic rings. The first kappa shape index (κ1) is 22.4. The Bertz CT molecular complexity index is 628. The Morgan fingerprint density at radius 2 is 1.92 bits per heavy atom. The molecule has 0 saturated carbocycles. The first-order chi connectivity index (χ1) is 12.3. The minimum absolute atomic E-state index is 0.0721. The van der Waals surface area contributed by atoms with Crippen LogP contribution in [-0.2, 0) is 35.7 Å². The van der Waals surface area contributed by atoms with Gasteiger partial charge in [-0.15, -0.1) is 0 Å². The first-order valence-electron chi connectivity index (χ1n) is 8.81. The molecule has 0 aromatic heterocycles. The topological polar surface area (TPSA) is 69.7 Å². The summed E-state index contributed by atoms with van der Waals surface area (Å²) in [6, 6.07) is 7.76. The molecular formula is C20H27BrO5. The fourth-order valence-electron chi connectivity index (χ4n) is 2.78. The standard InChI is InChI=1S/C20H27BrO5/c1-4-25-19(24)10-9-16-7-5-8-17(13-16)20(3,18(23)14-21)11-6-12-26-15(2)22/h5,7-8,13H,4,6,9-12,14H2,1-3H3. The molecule has 0 N–H and O–H groups in total. The number of rotatable bonds is 11. The monoisotopic (exact) mass is 426 g/mol. The quantitative estimate of drug-likeness (QED) is 0.306. The summed E-state index contributed by atoms with van der Waals surface area (Å²) in [5.41, 5.74) is 1.22. The predicted molar refractivity (Wildman–Crippen MR) is 103 cm³/mol. The zero-order valence-corrected chi connectivity index (χ0v) is 17.3. The number of ketones is 1. The van der Waals surface area contributed by atoms with Crippen LogP contribution in [0.15, 0.2) is 24.3 Å². The number of alkyl halides is 1. The van der Waals surface area contributed by atoms with Gasteiger partial charge in [0.15, 0.2) is 5.78 Å². The van der Waals surface area contributed by atoms with Crippen molar-refractivity contribution in [1.82, 2.24) is 0 Å². The number of aryl methyl sites for hydroxylation is 1. The first-order valence-corrected chi connectivity index (χ1v) is 9.93. The Kier molecular flexibility index (Phi) is 9.55. The molecular weight excluding hydrogens is 400 g/mol. The Balaban J connectivity index is 2.89. The average Bonchev–Trinajstić information content (AvgIpc) is 2.63. The van der Waals surface area contributed by atoms with Crippen molar-refractivity contribution in [3.63, 3.8) is 0 Å². The van der Waals surface area contributed by atoms with Crippen LogP contribution in [-0.4, -0.2) is 36.3 Å². The van der Waals surface area contributed by atoms with Gasteiger partial charge in [-0.1, -0.05) is 40.2 Å². The van der Waals surface area contributed by atoms with E-state index in [2.05, 4.69) is 15.9 Å². The number of Topliss-reactive ketones (excluding diaryl/α,β-unsaturated/α-hetero) is 1. The summed E-state index contributed by atoms with van der Waals surface area (Å²) < 4.78 is 9.95. The number of halogens is 1. The van der Waals surface area contributed by atoms with Crippen LogP contribution in [0.4, 0.5) is 0 Å². The van der Waals surface area contributed by atoms with E-state index in [1.54, 1.807) is 6.92 Å². The molecule has 1 aromatic carbocycles. The van der Waals surface area contributed by atoms with Crippen molar-refractivity contribution in [3.05, 3.63) is 35.4 Å². The second kappa shape index (κ2) is 11.1. The molecule has 0 radical (unpaired) electrons. The molecule has 0 fully saturated rings. The molecule has 5 nitrogen and oxygen atoms in total. The zero-order valence-electron chi connectivity index (χ0n) is 15.7. The molecule has 0 aliphatic heterocycles. The van der Waals surface area contributed by atoms with Crippen LogP contribution in [0, 0.1) is 0 Å². The number of hydrogen-bond acceptors (Lipinski definition) is 5. The van der Waals surface area contributed by atoms with Crippen LogP contribution in [0.5, 0.6) is 0 Å². The number of carbonyl (C=O) groups excluding carboxylic acids is 3. The van der Waals surface area contributed by atoms with Gasteiger partial charge in [-0.05, 0) is 44.2 Å². The van der Waals surface area contributed by atoms with Crippen molar-refractivity contribution in [2.24, 2.45) is 0 Å². The van der Waals surface area contributed by atoms with E-state index in [1.165, 1.54) is 6.92 Å². The number of esters is 2. The van der Waals surface area contributed by atoms with Crippen LogP contribution in [0.2, 0.25) is 0 Å². The fraction of sp³-hybridized carbons (Fsp3) is 0.550. The summed E-state index contributed by atoms with van der Waals surface area (Å²) in [5, 5.41) is 0.254. The lowest BCUT2D eigenvalue weighted by atomic mass is 9.75. The molecule has 0 aliphatic carbocycles. The van der Waals surface area contributed by atoms with Gasteiger partial charge in [-0.2, -0.15) is 0 Å². The van der Waals surface area contributed by atoms with Crippen molar-refractivity contribution in [1.29, 1.82) is 0 Å². The van der Waals surface area contributed by atoms with Crippen LogP contribution < -0.4 is 0 Å². The summed E-state index contributed by atoms with van der Waals surface area (Å²) in [5.74, 6) is -0.471. The Hall–Kier alpha value is -1.69. The van der Waals surface area contributed by atoms with E-state index in [0.717, 1.165) is 11.1 Å². The highest BCUT2D eigenvalue weighted by molar-refractivity contribution is 9.09. The lowest BCUT2D eigenvalue weighted by molar-refractivity contribution is -0.143. The minimum atomic E-state index is -0.677. The Morgan fingerprint density at radius 3 is 2.54 bits per heavy atom. The van der Waals surface area contributed by atoms with Gasteiger partial charge in [0.25, 0.3) is 0 Å². The maximum absolute atomic E-state index is 12.6. The minimum Gasteiger partial charge on any atom is -0.466 e. The van der Waals surface area contributed by atoms with E-state index in [9.17, 15) is 14.4 Å². The van der Waals surface area contributed by atoms with Gasteiger partial charge in [0.1, 0.15) is 0 Å². The van der Waals surface area contributed by atoms with E-state index < -0.39 is 5.41 Å². The highest BCUT2D eigenvalue weighted by Crippen LogP contribution is 2.32. The summed E-state index contributed by atoms with van der Waals surface area (Å²) in [7, 11) is 0. The van der Waals surface area contributed by atoms with Crippen molar-refractivity contribution >= 4 is 33.7 Å². The summed E-state index contributed by atoms with van der Waals surface area (Å²) in [4.78, 5) is 35.1. The van der Waals surface area contributed by atoms with Gasteiger partial charge >= 0.3 is 11.9 Å². The molecule has 6 heteroatoms. The maximum Gasteiger partial charge on any atom is 0.306 e. The normalized spacial score (nSPS) is 12.9. The van der Waals surface area contributed by atoms with Gasteiger partial charge in [0.05, 0.1) is 24.0 Å².